The normalized spacial score (nSPS) is 13.1. The Labute approximate surface area is 164 Å². The van der Waals surface area contributed by atoms with Crippen LogP contribution in [-0.2, 0) is 18.3 Å². The van der Waals surface area contributed by atoms with Crippen LogP contribution in [0.3, 0.4) is 0 Å². The van der Waals surface area contributed by atoms with Crippen molar-refractivity contribution in [2.24, 2.45) is 7.05 Å². The summed E-state index contributed by atoms with van der Waals surface area (Å²) in [6, 6.07) is 5.81. The molecule has 0 aliphatic carbocycles. The third kappa shape index (κ3) is 4.04. The quantitative estimate of drug-likeness (QED) is 0.709. The third-order valence-corrected chi connectivity index (χ3v) is 5.08. The zero-order valence-electron chi connectivity index (χ0n) is 16.9. The lowest BCUT2D eigenvalue weighted by atomic mass is 10.1. The number of anilines is 2. The standard InChI is InChI=1S/C19H27N7O2/c1-5-6-10-23(2)13-17(27)24(3)15-8-7-14-9-11-26(16(14)12-15)19(28)18-20-21-22-25(18)4/h7-8,12H,5-6,9-11,13H2,1-4H3. The molecule has 0 bridgehead atoms. The van der Waals surface area contributed by atoms with Gasteiger partial charge in [-0.05, 0) is 54.6 Å². The van der Waals surface area contributed by atoms with Crippen molar-refractivity contribution < 1.29 is 9.59 Å². The van der Waals surface area contributed by atoms with E-state index in [0.717, 1.165) is 42.7 Å². The first kappa shape index (κ1) is 19.9. The van der Waals surface area contributed by atoms with Crippen LogP contribution in [0.2, 0.25) is 0 Å². The lowest BCUT2D eigenvalue weighted by Gasteiger charge is -2.23. The molecular weight excluding hydrogens is 358 g/mol. The van der Waals surface area contributed by atoms with Gasteiger partial charge in [0.2, 0.25) is 11.7 Å². The number of aryl methyl sites for hydroxylation is 1. The van der Waals surface area contributed by atoms with E-state index in [2.05, 4.69) is 22.4 Å². The molecule has 0 radical (unpaired) electrons. The fourth-order valence-electron chi connectivity index (χ4n) is 3.31. The minimum atomic E-state index is -0.239. The maximum Gasteiger partial charge on any atom is 0.297 e. The van der Waals surface area contributed by atoms with Gasteiger partial charge in [-0.1, -0.05) is 19.4 Å². The van der Waals surface area contributed by atoms with Crippen LogP contribution in [0, 0.1) is 0 Å². The number of rotatable bonds is 7. The van der Waals surface area contributed by atoms with Gasteiger partial charge >= 0.3 is 0 Å². The van der Waals surface area contributed by atoms with Crippen molar-refractivity contribution in [2.75, 3.05) is 43.5 Å². The summed E-state index contributed by atoms with van der Waals surface area (Å²) in [5.74, 6) is -0.0242. The van der Waals surface area contributed by atoms with Crippen LogP contribution in [0.1, 0.15) is 35.9 Å². The van der Waals surface area contributed by atoms with E-state index in [-0.39, 0.29) is 17.6 Å². The molecule has 28 heavy (non-hydrogen) atoms. The second-order valence-electron chi connectivity index (χ2n) is 7.19. The number of hydrogen-bond acceptors (Lipinski definition) is 6. The number of amides is 2. The fraction of sp³-hybridized carbons (Fsp3) is 0.526. The first-order chi connectivity index (χ1) is 13.4. The Morgan fingerprint density at radius 2 is 2.04 bits per heavy atom. The molecular formula is C19H27N7O2. The van der Waals surface area contributed by atoms with Crippen LogP contribution in [0.4, 0.5) is 11.4 Å². The van der Waals surface area contributed by atoms with E-state index in [0.29, 0.717) is 13.1 Å². The number of nitrogens with zero attached hydrogens (tertiary/aromatic N) is 7. The predicted molar refractivity (Wildman–Crippen MR) is 106 cm³/mol. The first-order valence-electron chi connectivity index (χ1n) is 9.54. The summed E-state index contributed by atoms with van der Waals surface area (Å²) in [6.45, 7) is 3.97. The molecule has 1 aromatic heterocycles. The van der Waals surface area contributed by atoms with Crippen LogP contribution in [0.5, 0.6) is 0 Å². The van der Waals surface area contributed by atoms with E-state index in [1.807, 2.05) is 30.1 Å². The molecule has 150 valence electrons. The van der Waals surface area contributed by atoms with Gasteiger partial charge in [0.1, 0.15) is 0 Å². The average molecular weight is 385 g/mol. The molecule has 1 aliphatic rings. The van der Waals surface area contributed by atoms with Gasteiger partial charge < -0.3 is 9.80 Å². The van der Waals surface area contributed by atoms with Crippen molar-refractivity contribution in [1.82, 2.24) is 25.1 Å². The Bertz CT molecular complexity index is 864. The van der Waals surface area contributed by atoms with Gasteiger partial charge in [-0.2, -0.15) is 0 Å². The molecule has 0 atom stereocenters. The molecule has 1 aliphatic heterocycles. The van der Waals surface area contributed by atoms with Crippen molar-refractivity contribution in [2.45, 2.75) is 26.2 Å². The smallest absolute Gasteiger partial charge is 0.297 e. The van der Waals surface area contributed by atoms with E-state index in [1.54, 1.807) is 23.9 Å². The molecule has 9 heteroatoms. The minimum Gasteiger partial charge on any atom is -0.314 e. The van der Waals surface area contributed by atoms with E-state index in [1.165, 1.54) is 4.68 Å². The zero-order chi connectivity index (χ0) is 20.3. The van der Waals surface area contributed by atoms with Crippen LogP contribution in [0.15, 0.2) is 18.2 Å². The molecule has 9 nitrogen and oxygen atoms in total. The Morgan fingerprint density at radius 1 is 1.25 bits per heavy atom. The van der Waals surface area contributed by atoms with Crippen molar-refractivity contribution in [3.05, 3.63) is 29.6 Å². The highest BCUT2D eigenvalue weighted by atomic mass is 16.2. The van der Waals surface area contributed by atoms with Crippen molar-refractivity contribution in [1.29, 1.82) is 0 Å². The Kier molecular flexibility index (Phi) is 6.03. The first-order valence-corrected chi connectivity index (χ1v) is 9.54. The highest BCUT2D eigenvalue weighted by molar-refractivity contribution is 6.05. The maximum atomic E-state index is 12.8. The number of unbranched alkanes of at least 4 members (excludes halogenated alkanes) is 1. The summed E-state index contributed by atoms with van der Waals surface area (Å²) in [7, 11) is 5.37. The van der Waals surface area contributed by atoms with Gasteiger partial charge in [-0.3, -0.25) is 14.5 Å². The number of benzene rings is 1. The zero-order valence-corrected chi connectivity index (χ0v) is 16.9. The molecule has 2 heterocycles. The molecule has 0 unspecified atom stereocenters. The van der Waals surface area contributed by atoms with E-state index >= 15 is 0 Å². The lowest BCUT2D eigenvalue weighted by Crippen LogP contribution is -2.37. The number of fused-ring (bicyclic) bond motifs is 1. The number of tetrazole rings is 1. The fourth-order valence-corrected chi connectivity index (χ4v) is 3.31. The molecule has 0 N–H and O–H groups in total. The van der Waals surface area contributed by atoms with Crippen molar-refractivity contribution >= 4 is 23.2 Å². The Balaban J connectivity index is 1.76. The SMILES string of the molecule is CCCCN(C)CC(=O)N(C)c1ccc2c(c1)N(C(=O)c1nnnn1C)CC2. The van der Waals surface area contributed by atoms with Gasteiger partial charge in [-0.15, -0.1) is 5.10 Å². The summed E-state index contributed by atoms with van der Waals surface area (Å²) in [4.78, 5) is 30.8. The Morgan fingerprint density at radius 3 is 2.71 bits per heavy atom. The molecule has 1 aromatic carbocycles. The van der Waals surface area contributed by atoms with Crippen LogP contribution >= 0.6 is 0 Å². The van der Waals surface area contributed by atoms with E-state index < -0.39 is 0 Å². The van der Waals surface area contributed by atoms with Gasteiger partial charge in [0, 0.05) is 32.0 Å². The predicted octanol–water partition coefficient (Wildman–Crippen LogP) is 1.11. The molecule has 0 fully saturated rings. The molecule has 0 spiro atoms. The summed E-state index contributed by atoms with van der Waals surface area (Å²) in [5, 5.41) is 11.1. The highest BCUT2D eigenvalue weighted by Crippen LogP contribution is 2.32. The average Bonchev–Trinajstić information content (AvgIpc) is 3.30. The van der Waals surface area contributed by atoms with Crippen LogP contribution in [-0.4, -0.2) is 70.7 Å². The van der Waals surface area contributed by atoms with Crippen molar-refractivity contribution in [3.8, 4) is 0 Å². The summed E-state index contributed by atoms with van der Waals surface area (Å²) in [6.07, 6.45) is 2.94. The van der Waals surface area contributed by atoms with Gasteiger partial charge in [0.05, 0.1) is 6.54 Å². The second kappa shape index (κ2) is 8.47. The molecule has 2 aromatic rings. The van der Waals surface area contributed by atoms with Crippen LogP contribution < -0.4 is 9.80 Å². The van der Waals surface area contributed by atoms with E-state index in [9.17, 15) is 9.59 Å². The summed E-state index contributed by atoms with van der Waals surface area (Å²) >= 11 is 0. The van der Waals surface area contributed by atoms with Crippen molar-refractivity contribution in [3.63, 3.8) is 0 Å². The molecule has 3 rings (SSSR count). The number of aromatic nitrogens is 4. The van der Waals surface area contributed by atoms with Crippen LogP contribution in [0.25, 0.3) is 0 Å². The maximum absolute atomic E-state index is 12.8. The lowest BCUT2D eigenvalue weighted by molar-refractivity contribution is -0.119. The Hall–Kier alpha value is -2.81. The monoisotopic (exact) mass is 385 g/mol. The summed E-state index contributed by atoms with van der Waals surface area (Å²) in [5.41, 5.74) is 2.65. The number of carbonyl (C=O) groups is 2. The molecule has 0 saturated heterocycles. The largest absolute Gasteiger partial charge is 0.314 e. The topological polar surface area (TPSA) is 87.5 Å². The number of likely N-dealkylation sites (N-methyl/N-ethyl adjacent to an activating group) is 2. The summed E-state index contributed by atoms with van der Waals surface area (Å²) < 4.78 is 1.37. The van der Waals surface area contributed by atoms with E-state index in [4.69, 9.17) is 0 Å². The van der Waals surface area contributed by atoms with Gasteiger partial charge in [-0.25, -0.2) is 4.68 Å². The highest BCUT2D eigenvalue weighted by Gasteiger charge is 2.29. The third-order valence-electron chi connectivity index (χ3n) is 5.08. The molecule has 0 saturated carbocycles. The van der Waals surface area contributed by atoms with Gasteiger partial charge in [0.25, 0.3) is 5.91 Å². The second-order valence-corrected chi connectivity index (χ2v) is 7.19. The number of hydrogen-bond donors (Lipinski definition) is 0. The molecule has 2 amide bonds. The number of carbonyl (C=O) groups excluding carboxylic acids is 2. The van der Waals surface area contributed by atoms with Gasteiger partial charge in [0.15, 0.2) is 0 Å². The minimum absolute atomic E-state index is 0.0203.